The van der Waals surface area contributed by atoms with E-state index in [9.17, 15) is 4.79 Å². The number of ketones is 1. The SMILES string of the molecule is C/C(=C\[P+](c1ccccc1)(c1ccccc1)c1ccccc1)Nc1ccccc1C(=O)c1ccccc1. The van der Waals surface area contributed by atoms with Crippen molar-refractivity contribution in [3.63, 3.8) is 0 Å². The molecule has 5 rings (SSSR count). The van der Waals surface area contributed by atoms with Gasteiger partial charge in [-0.05, 0) is 55.5 Å². The van der Waals surface area contributed by atoms with Gasteiger partial charge in [0.15, 0.2) is 5.78 Å². The molecule has 5 aromatic carbocycles. The van der Waals surface area contributed by atoms with E-state index in [-0.39, 0.29) is 5.78 Å². The number of allylic oxidation sites excluding steroid dienone is 1. The van der Waals surface area contributed by atoms with Gasteiger partial charge in [-0.3, -0.25) is 4.79 Å². The van der Waals surface area contributed by atoms with Crippen LogP contribution >= 0.6 is 7.26 Å². The Morgan fingerprint density at radius 2 is 0.973 bits per heavy atom. The van der Waals surface area contributed by atoms with Crippen LogP contribution in [0.5, 0.6) is 0 Å². The highest BCUT2D eigenvalue weighted by Gasteiger charge is 2.43. The second-order valence-electron chi connectivity index (χ2n) is 8.91. The first-order chi connectivity index (χ1) is 18.2. The van der Waals surface area contributed by atoms with E-state index in [1.165, 1.54) is 15.9 Å². The van der Waals surface area contributed by atoms with Gasteiger partial charge in [0.1, 0.15) is 23.2 Å². The number of carbonyl (C=O) groups is 1. The Morgan fingerprint density at radius 3 is 1.46 bits per heavy atom. The number of anilines is 1. The number of benzene rings is 5. The largest absolute Gasteiger partial charge is 0.356 e. The molecule has 1 N–H and O–H groups in total. The molecule has 0 heterocycles. The van der Waals surface area contributed by atoms with E-state index < -0.39 is 7.26 Å². The van der Waals surface area contributed by atoms with Gasteiger partial charge >= 0.3 is 0 Å². The Bertz CT molecular complexity index is 1400. The molecule has 0 saturated carbocycles. The number of carbonyl (C=O) groups excluding carboxylic acids is 1. The van der Waals surface area contributed by atoms with E-state index in [0.717, 1.165) is 11.4 Å². The normalized spacial score (nSPS) is 11.6. The van der Waals surface area contributed by atoms with E-state index in [1.807, 2.05) is 54.6 Å². The summed E-state index contributed by atoms with van der Waals surface area (Å²) in [5.74, 6) is 2.39. The van der Waals surface area contributed by atoms with Crippen molar-refractivity contribution in [3.05, 3.63) is 168 Å². The maximum atomic E-state index is 13.3. The Kier molecular flexibility index (Phi) is 7.40. The lowest BCUT2D eigenvalue weighted by Gasteiger charge is -2.25. The molecule has 0 aliphatic rings. The summed E-state index contributed by atoms with van der Waals surface area (Å²) in [6.07, 6.45) is 0. The third kappa shape index (κ3) is 5.16. The van der Waals surface area contributed by atoms with Crippen molar-refractivity contribution in [2.24, 2.45) is 0 Å². The molecule has 180 valence electrons. The molecule has 0 aromatic heterocycles. The Morgan fingerprint density at radius 1 is 0.568 bits per heavy atom. The first-order valence-electron chi connectivity index (χ1n) is 12.4. The molecule has 5 aromatic rings. The summed E-state index contributed by atoms with van der Waals surface area (Å²) in [4.78, 5) is 13.3. The summed E-state index contributed by atoms with van der Waals surface area (Å²) >= 11 is 0. The minimum absolute atomic E-state index is 0.00624. The van der Waals surface area contributed by atoms with Crippen LogP contribution in [0.25, 0.3) is 0 Å². The number of rotatable bonds is 8. The fourth-order valence-electron chi connectivity index (χ4n) is 4.73. The molecule has 0 spiro atoms. The third-order valence-corrected chi connectivity index (χ3v) is 10.5. The monoisotopic (exact) mass is 498 g/mol. The number of nitrogens with one attached hydrogen (secondary N) is 1. The van der Waals surface area contributed by atoms with Gasteiger partial charge < -0.3 is 5.32 Å². The average Bonchev–Trinajstić information content (AvgIpc) is 2.98. The lowest BCUT2D eigenvalue weighted by molar-refractivity contribution is 0.103. The Hall–Kier alpha value is -4.26. The van der Waals surface area contributed by atoms with E-state index >= 15 is 0 Å². The molecule has 37 heavy (non-hydrogen) atoms. The molecule has 0 aliphatic heterocycles. The van der Waals surface area contributed by atoms with Gasteiger partial charge in [0.05, 0.1) is 5.82 Å². The summed E-state index contributed by atoms with van der Waals surface area (Å²) in [7, 11) is -2.15. The van der Waals surface area contributed by atoms with Gasteiger partial charge in [-0.1, -0.05) is 97.1 Å². The summed E-state index contributed by atoms with van der Waals surface area (Å²) < 4.78 is 0. The zero-order valence-corrected chi connectivity index (χ0v) is 21.7. The van der Waals surface area contributed by atoms with Crippen molar-refractivity contribution in [1.82, 2.24) is 0 Å². The van der Waals surface area contributed by atoms with Gasteiger partial charge in [0, 0.05) is 22.5 Å². The smallest absolute Gasteiger partial charge is 0.195 e. The molecule has 0 saturated heterocycles. The van der Waals surface area contributed by atoms with Crippen molar-refractivity contribution < 1.29 is 4.79 Å². The van der Waals surface area contributed by atoms with Gasteiger partial charge in [0.2, 0.25) is 0 Å². The molecule has 0 amide bonds. The summed E-state index contributed by atoms with van der Waals surface area (Å²) in [6, 6.07) is 49.4. The molecule has 2 nitrogen and oxygen atoms in total. The first-order valence-corrected chi connectivity index (χ1v) is 14.2. The van der Waals surface area contributed by atoms with Crippen LogP contribution < -0.4 is 21.2 Å². The van der Waals surface area contributed by atoms with Gasteiger partial charge in [-0.2, -0.15) is 0 Å². The summed E-state index contributed by atoms with van der Waals surface area (Å²) in [6.45, 7) is 2.09. The van der Waals surface area contributed by atoms with Crippen molar-refractivity contribution in [2.45, 2.75) is 6.92 Å². The van der Waals surface area contributed by atoms with Crippen LogP contribution in [-0.2, 0) is 0 Å². The average molecular weight is 499 g/mol. The predicted molar refractivity (Wildman–Crippen MR) is 159 cm³/mol. The van der Waals surface area contributed by atoms with Crippen molar-refractivity contribution in [2.75, 3.05) is 5.32 Å². The molecular formula is C34H29NOP+. The number of hydrogen-bond acceptors (Lipinski definition) is 2. The first kappa shape index (κ1) is 24.4. The van der Waals surface area contributed by atoms with E-state index in [0.29, 0.717) is 11.1 Å². The van der Waals surface area contributed by atoms with Crippen LogP contribution in [0.1, 0.15) is 22.8 Å². The third-order valence-electron chi connectivity index (χ3n) is 6.42. The van der Waals surface area contributed by atoms with E-state index in [4.69, 9.17) is 0 Å². The van der Waals surface area contributed by atoms with Gasteiger partial charge in [-0.15, -0.1) is 0 Å². The summed E-state index contributed by atoms with van der Waals surface area (Å²) in [5, 5.41) is 7.43. The standard InChI is InChI=1S/C34H28NOP/c1-27(35-33-25-15-14-24-32(33)34(36)28-16-6-2-7-17-28)26-37(29-18-8-3-9-19-29,30-20-10-4-11-21-30)31-22-12-5-13-23-31/h2-26H,1H3/p+1/b27-26+. The van der Waals surface area contributed by atoms with Crippen molar-refractivity contribution in [1.29, 1.82) is 0 Å². The predicted octanol–water partition coefficient (Wildman–Crippen LogP) is 7.18. The highest BCUT2D eigenvalue weighted by Crippen LogP contribution is 2.57. The second-order valence-corrected chi connectivity index (χ2v) is 12.2. The van der Waals surface area contributed by atoms with Crippen molar-refractivity contribution in [3.8, 4) is 0 Å². The summed E-state index contributed by atoms with van der Waals surface area (Å²) in [5.41, 5.74) is 3.14. The molecule has 0 unspecified atom stereocenters. The molecule has 0 radical (unpaired) electrons. The molecule has 0 fully saturated rings. The topological polar surface area (TPSA) is 29.1 Å². The molecule has 3 heteroatoms. The lowest BCUT2D eigenvalue weighted by atomic mass is 10.0. The zero-order valence-electron chi connectivity index (χ0n) is 20.8. The fraction of sp³-hybridized carbons (Fsp3) is 0.0294. The lowest BCUT2D eigenvalue weighted by Crippen LogP contribution is -2.30. The molecule has 0 atom stereocenters. The highest BCUT2D eigenvalue weighted by molar-refractivity contribution is 7.98. The zero-order chi connectivity index (χ0) is 25.5. The van der Waals surface area contributed by atoms with Crippen LogP contribution in [0, 0.1) is 0 Å². The van der Waals surface area contributed by atoms with Crippen LogP contribution in [0.3, 0.4) is 0 Å². The van der Waals surface area contributed by atoms with Crippen LogP contribution in [0.15, 0.2) is 157 Å². The Labute approximate surface area is 219 Å². The minimum Gasteiger partial charge on any atom is -0.356 e. The molecular weight excluding hydrogens is 469 g/mol. The molecule has 0 bridgehead atoms. The quantitative estimate of drug-likeness (QED) is 0.181. The van der Waals surface area contributed by atoms with E-state index in [1.54, 1.807) is 0 Å². The van der Waals surface area contributed by atoms with Crippen LogP contribution in [0.2, 0.25) is 0 Å². The van der Waals surface area contributed by atoms with Gasteiger partial charge in [-0.25, -0.2) is 0 Å². The maximum Gasteiger partial charge on any atom is 0.195 e. The second kappa shape index (κ2) is 11.2. The Balaban J connectivity index is 1.64. The minimum atomic E-state index is -2.15. The van der Waals surface area contributed by atoms with Crippen LogP contribution in [0.4, 0.5) is 5.69 Å². The highest BCUT2D eigenvalue weighted by atomic mass is 31.2. The van der Waals surface area contributed by atoms with E-state index in [2.05, 4.69) is 109 Å². The van der Waals surface area contributed by atoms with Crippen LogP contribution in [-0.4, -0.2) is 5.78 Å². The number of para-hydroxylation sites is 1. The number of hydrogen-bond donors (Lipinski definition) is 1. The molecule has 0 aliphatic carbocycles. The van der Waals surface area contributed by atoms with Crippen molar-refractivity contribution >= 4 is 34.6 Å². The maximum absolute atomic E-state index is 13.3. The fourth-order valence-corrected chi connectivity index (χ4v) is 8.64. The van der Waals surface area contributed by atoms with Gasteiger partial charge in [0.25, 0.3) is 0 Å².